The van der Waals surface area contributed by atoms with E-state index in [-0.39, 0.29) is 0 Å². The van der Waals surface area contributed by atoms with E-state index in [4.69, 9.17) is 0 Å². The summed E-state index contributed by atoms with van der Waals surface area (Å²) in [7, 11) is 0. The summed E-state index contributed by atoms with van der Waals surface area (Å²) in [5, 5.41) is 3.40. The van der Waals surface area contributed by atoms with Gasteiger partial charge >= 0.3 is 0 Å². The van der Waals surface area contributed by atoms with Gasteiger partial charge in [-0.25, -0.2) is 0 Å². The lowest BCUT2D eigenvalue weighted by Crippen LogP contribution is -2.42. The molecule has 1 fully saturated rings. The minimum absolute atomic E-state index is 0.341. The Morgan fingerprint density at radius 3 is 2.40 bits per heavy atom. The summed E-state index contributed by atoms with van der Waals surface area (Å²) < 4.78 is 0. The molecule has 0 aromatic heterocycles. The van der Waals surface area contributed by atoms with Gasteiger partial charge in [0.25, 0.3) is 0 Å². The molecule has 0 aliphatic carbocycles. The van der Waals surface area contributed by atoms with Gasteiger partial charge in [-0.3, -0.25) is 4.79 Å². The minimum atomic E-state index is 0.341. The van der Waals surface area contributed by atoms with E-state index in [1.54, 1.807) is 0 Å². The van der Waals surface area contributed by atoms with Crippen LogP contribution >= 0.6 is 0 Å². The molecule has 1 amide bonds. The number of amides is 1. The number of piperidine rings is 1. The Labute approximate surface area is 125 Å². The molecule has 0 atom stereocenters. The van der Waals surface area contributed by atoms with Gasteiger partial charge in [-0.05, 0) is 52.1 Å². The Morgan fingerprint density at radius 2 is 1.80 bits per heavy atom. The quantitative estimate of drug-likeness (QED) is 0.656. The van der Waals surface area contributed by atoms with Crippen LogP contribution in [0.4, 0.5) is 0 Å². The largest absolute Gasteiger partial charge is 0.340 e. The molecule has 3 heteroatoms. The lowest BCUT2D eigenvalue weighted by molar-refractivity contribution is -0.133. The summed E-state index contributed by atoms with van der Waals surface area (Å²) in [6.45, 7) is 9.72. The fraction of sp³-hybridized carbons (Fsp3) is 0.941. The molecule has 0 aromatic carbocycles. The predicted octanol–water partition coefficient (Wildman–Crippen LogP) is 3.58. The van der Waals surface area contributed by atoms with Crippen LogP contribution in [0.15, 0.2) is 0 Å². The average molecular weight is 282 g/mol. The molecule has 1 aliphatic heterocycles. The molecule has 20 heavy (non-hydrogen) atoms. The van der Waals surface area contributed by atoms with E-state index in [1.165, 1.54) is 38.5 Å². The first-order chi connectivity index (χ1) is 9.65. The number of hydrogen-bond donors (Lipinski definition) is 1. The van der Waals surface area contributed by atoms with Gasteiger partial charge in [-0.15, -0.1) is 0 Å². The lowest BCUT2D eigenvalue weighted by atomic mass is 9.96. The number of nitrogens with zero attached hydrogens (tertiary/aromatic N) is 1. The number of unbranched alkanes of at least 4 members (excludes halogenated alkanes) is 4. The van der Waals surface area contributed by atoms with E-state index >= 15 is 0 Å². The average Bonchev–Trinajstić information content (AvgIpc) is 2.45. The van der Waals surface area contributed by atoms with Crippen molar-refractivity contribution >= 4 is 5.91 Å². The molecule has 3 nitrogen and oxygen atoms in total. The van der Waals surface area contributed by atoms with Gasteiger partial charge < -0.3 is 10.2 Å². The SMILES string of the molecule is CCCCCCCC(=O)N(CC1CCNCC1)C(C)C. The van der Waals surface area contributed by atoms with Crippen LogP contribution in [-0.2, 0) is 4.79 Å². The Morgan fingerprint density at radius 1 is 1.15 bits per heavy atom. The Kier molecular flexibility index (Phi) is 8.92. The van der Waals surface area contributed by atoms with Gasteiger partial charge in [0.15, 0.2) is 0 Å². The van der Waals surface area contributed by atoms with Crippen LogP contribution < -0.4 is 5.32 Å². The van der Waals surface area contributed by atoms with Gasteiger partial charge in [-0.2, -0.15) is 0 Å². The van der Waals surface area contributed by atoms with Crippen molar-refractivity contribution in [1.82, 2.24) is 10.2 Å². The number of carbonyl (C=O) groups is 1. The normalized spacial score (nSPS) is 16.6. The zero-order valence-electron chi connectivity index (χ0n) is 13.8. The number of hydrogen-bond acceptors (Lipinski definition) is 2. The smallest absolute Gasteiger partial charge is 0.222 e. The zero-order chi connectivity index (χ0) is 14.8. The van der Waals surface area contributed by atoms with Gasteiger partial charge in [0.1, 0.15) is 0 Å². The van der Waals surface area contributed by atoms with Gasteiger partial charge in [0.05, 0.1) is 0 Å². The van der Waals surface area contributed by atoms with Crippen molar-refractivity contribution < 1.29 is 4.79 Å². The molecular formula is C17H34N2O. The molecule has 0 bridgehead atoms. The van der Waals surface area contributed by atoms with Crippen molar-refractivity contribution in [3.63, 3.8) is 0 Å². The van der Waals surface area contributed by atoms with E-state index in [2.05, 4.69) is 31.0 Å². The Balaban J connectivity index is 2.30. The standard InChI is InChI=1S/C17H34N2O/c1-4-5-6-7-8-9-17(20)19(15(2)3)14-16-10-12-18-13-11-16/h15-16,18H,4-14H2,1-3H3. The molecule has 0 spiro atoms. The van der Waals surface area contributed by atoms with Crippen molar-refractivity contribution in [2.45, 2.75) is 78.2 Å². The maximum absolute atomic E-state index is 12.4. The second-order valence-corrected chi connectivity index (χ2v) is 6.50. The maximum Gasteiger partial charge on any atom is 0.222 e. The van der Waals surface area contributed by atoms with Crippen LogP contribution in [0.25, 0.3) is 0 Å². The highest BCUT2D eigenvalue weighted by Gasteiger charge is 2.22. The second kappa shape index (κ2) is 10.2. The summed E-state index contributed by atoms with van der Waals surface area (Å²) in [4.78, 5) is 14.5. The molecular weight excluding hydrogens is 248 g/mol. The fourth-order valence-electron chi connectivity index (χ4n) is 2.97. The van der Waals surface area contributed by atoms with E-state index < -0.39 is 0 Å². The second-order valence-electron chi connectivity index (χ2n) is 6.50. The third-order valence-corrected chi connectivity index (χ3v) is 4.35. The van der Waals surface area contributed by atoms with Gasteiger partial charge in [0, 0.05) is 19.0 Å². The minimum Gasteiger partial charge on any atom is -0.340 e. The topological polar surface area (TPSA) is 32.3 Å². The van der Waals surface area contributed by atoms with Crippen LogP contribution in [0.2, 0.25) is 0 Å². The number of carbonyl (C=O) groups excluding carboxylic acids is 1. The number of rotatable bonds is 9. The highest BCUT2D eigenvalue weighted by Crippen LogP contribution is 2.17. The summed E-state index contributed by atoms with van der Waals surface area (Å²) >= 11 is 0. The van der Waals surface area contributed by atoms with Crippen molar-refractivity contribution in [2.75, 3.05) is 19.6 Å². The summed E-state index contributed by atoms with van der Waals surface area (Å²) in [6, 6.07) is 0.341. The zero-order valence-corrected chi connectivity index (χ0v) is 13.8. The fourth-order valence-corrected chi connectivity index (χ4v) is 2.97. The van der Waals surface area contributed by atoms with E-state index in [1.807, 2.05) is 0 Å². The molecule has 118 valence electrons. The summed E-state index contributed by atoms with van der Waals surface area (Å²) in [5.41, 5.74) is 0. The molecule has 0 aromatic rings. The first-order valence-corrected chi connectivity index (χ1v) is 8.65. The highest BCUT2D eigenvalue weighted by molar-refractivity contribution is 5.76. The monoisotopic (exact) mass is 282 g/mol. The molecule has 1 saturated heterocycles. The maximum atomic E-state index is 12.4. The van der Waals surface area contributed by atoms with Crippen molar-refractivity contribution in [2.24, 2.45) is 5.92 Å². The predicted molar refractivity (Wildman–Crippen MR) is 85.8 cm³/mol. The van der Waals surface area contributed by atoms with Crippen molar-refractivity contribution in [1.29, 1.82) is 0 Å². The van der Waals surface area contributed by atoms with Crippen LogP contribution in [0.1, 0.15) is 72.1 Å². The van der Waals surface area contributed by atoms with Crippen LogP contribution in [-0.4, -0.2) is 36.5 Å². The van der Waals surface area contributed by atoms with Gasteiger partial charge in [0.2, 0.25) is 5.91 Å². The third-order valence-electron chi connectivity index (χ3n) is 4.35. The van der Waals surface area contributed by atoms with Gasteiger partial charge in [-0.1, -0.05) is 32.6 Å². The van der Waals surface area contributed by atoms with E-state index in [0.29, 0.717) is 17.9 Å². The highest BCUT2D eigenvalue weighted by atomic mass is 16.2. The van der Waals surface area contributed by atoms with Crippen LogP contribution in [0, 0.1) is 5.92 Å². The summed E-state index contributed by atoms with van der Waals surface area (Å²) in [6.07, 6.45) is 9.29. The van der Waals surface area contributed by atoms with E-state index in [9.17, 15) is 4.79 Å². The van der Waals surface area contributed by atoms with E-state index in [0.717, 1.165) is 32.5 Å². The lowest BCUT2D eigenvalue weighted by Gasteiger charge is -2.33. The molecule has 1 aliphatic rings. The van der Waals surface area contributed by atoms with Crippen molar-refractivity contribution in [3.8, 4) is 0 Å². The molecule has 0 saturated carbocycles. The van der Waals surface area contributed by atoms with Crippen LogP contribution in [0.3, 0.4) is 0 Å². The van der Waals surface area contributed by atoms with Crippen LogP contribution in [0.5, 0.6) is 0 Å². The molecule has 0 radical (unpaired) electrons. The number of nitrogens with one attached hydrogen (secondary N) is 1. The molecule has 1 rings (SSSR count). The third kappa shape index (κ3) is 6.74. The first-order valence-electron chi connectivity index (χ1n) is 8.65. The van der Waals surface area contributed by atoms with Crippen molar-refractivity contribution in [3.05, 3.63) is 0 Å². The molecule has 1 heterocycles. The Hall–Kier alpha value is -0.570. The first kappa shape index (κ1) is 17.5. The molecule has 0 unspecified atom stereocenters. The Bertz CT molecular complexity index is 260. The summed E-state index contributed by atoms with van der Waals surface area (Å²) in [5.74, 6) is 1.07. The molecule has 1 N–H and O–H groups in total.